The van der Waals surface area contributed by atoms with Gasteiger partial charge >= 0.3 is 5.63 Å². The summed E-state index contributed by atoms with van der Waals surface area (Å²) in [5.74, 6) is -0.822. The molecule has 0 aliphatic carbocycles. The monoisotopic (exact) mass is 408 g/mol. The molecule has 3 heterocycles. The van der Waals surface area contributed by atoms with E-state index < -0.39 is 17.4 Å². The fraction of sp³-hybridized carbons (Fsp3) is 0. The van der Waals surface area contributed by atoms with E-state index in [1.165, 1.54) is 10.9 Å². The molecule has 1 aliphatic rings. The number of benzene rings is 3. The smallest absolute Gasteiger partial charge is 0.364 e. The molecule has 6 rings (SSSR count). The average Bonchev–Trinajstić information content (AvgIpc) is 3.32. The van der Waals surface area contributed by atoms with E-state index >= 15 is 0 Å². The number of nitrogens with zero attached hydrogens (tertiary/aromatic N) is 4. The molecule has 0 N–H and O–H groups in total. The summed E-state index contributed by atoms with van der Waals surface area (Å²) in [4.78, 5) is 40.4. The van der Waals surface area contributed by atoms with Crippen molar-refractivity contribution in [2.75, 3.05) is 4.90 Å². The molecular weight excluding hydrogens is 396 g/mol. The molecule has 0 fully saturated rings. The summed E-state index contributed by atoms with van der Waals surface area (Å²) in [6.07, 6.45) is 0. The molecule has 0 bridgehead atoms. The third kappa shape index (κ3) is 2.52. The Morgan fingerprint density at radius 1 is 0.710 bits per heavy atom. The fourth-order valence-electron chi connectivity index (χ4n) is 3.76. The molecule has 2 aromatic heterocycles. The van der Waals surface area contributed by atoms with Crippen LogP contribution in [0.5, 0.6) is 0 Å². The van der Waals surface area contributed by atoms with Crippen LogP contribution in [0, 0.1) is 0 Å². The lowest BCUT2D eigenvalue weighted by Crippen LogP contribution is -2.29. The highest BCUT2D eigenvalue weighted by atomic mass is 16.4. The van der Waals surface area contributed by atoms with E-state index in [2.05, 4.69) is 10.2 Å². The van der Waals surface area contributed by atoms with Gasteiger partial charge in [-0.1, -0.05) is 24.3 Å². The van der Waals surface area contributed by atoms with Crippen LogP contribution in [0.1, 0.15) is 20.7 Å². The zero-order valence-electron chi connectivity index (χ0n) is 15.9. The molecule has 31 heavy (non-hydrogen) atoms. The predicted octanol–water partition coefficient (Wildman–Crippen LogP) is 3.33. The number of hydrogen-bond acceptors (Lipinski definition) is 6. The van der Waals surface area contributed by atoms with Crippen LogP contribution in [0.25, 0.3) is 27.7 Å². The maximum absolute atomic E-state index is 12.7. The molecule has 0 atom stereocenters. The molecule has 148 valence electrons. The number of imide groups is 1. The number of hydrogen-bond donors (Lipinski definition) is 0. The molecule has 1 aliphatic heterocycles. The Kier molecular flexibility index (Phi) is 3.46. The molecule has 3 aromatic carbocycles. The maximum atomic E-state index is 12.7. The Morgan fingerprint density at radius 3 is 1.97 bits per heavy atom. The molecule has 0 saturated heterocycles. The van der Waals surface area contributed by atoms with Gasteiger partial charge < -0.3 is 4.42 Å². The quantitative estimate of drug-likeness (QED) is 0.328. The van der Waals surface area contributed by atoms with Gasteiger partial charge in [0.1, 0.15) is 16.6 Å². The average molecular weight is 408 g/mol. The Morgan fingerprint density at radius 2 is 1.32 bits per heavy atom. The summed E-state index contributed by atoms with van der Waals surface area (Å²) < 4.78 is 5.49. The van der Waals surface area contributed by atoms with Gasteiger partial charge in [-0.15, -0.1) is 15.0 Å². The highest BCUT2D eigenvalue weighted by Crippen LogP contribution is 2.30. The van der Waals surface area contributed by atoms with Gasteiger partial charge in [0, 0.05) is 11.5 Å². The van der Waals surface area contributed by atoms with Crippen molar-refractivity contribution in [2.45, 2.75) is 0 Å². The minimum atomic E-state index is -0.632. The van der Waals surface area contributed by atoms with Crippen molar-refractivity contribution in [3.8, 4) is 5.69 Å². The van der Waals surface area contributed by atoms with Crippen LogP contribution >= 0.6 is 0 Å². The number of rotatable bonds is 2. The lowest BCUT2D eigenvalue weighted by Gasteiger charge is -2.14. The molecule has 0 saturated carbocycles. The van der Waals surface area contributed by atoms with E-state index in [1.807, 2.05) is 12.1 Å². The highest BCUT2D eigenvalue weighted by molar-refractivity contribution is 6.34. The summed E-state index contributed by atoms with van der Waals surface area (Å²) in [6, 6.07) is 20.4. The van der Waals surface area contributed by atoms with E-state index in [4.69, 9.17) is 4.42 Å². The van der Waals surface area contributed by atoms with Crippen molar-refractivity contribution in [2.24, 2.45) is 0 Å². The topological polar surface area (TPSA) is 98.3 Å². The second-order valence-electron chi connectivity index (χ2n) is 7.11. The van der Waals surface area contributed by atoms with Crippen LogP contribution in [0.2, 0.25) is 0 Å². The standard InChI is InChI=1S/C23H12N4O4/c28-21-15-5-1-2-6-16(15)22(29)26(21)14-10-9-13-11-19(23(30)31-20(13)12-14)27-24-17-7-3-4-8-18(17)25-27/h1-12H. The van der Waals surface area contributed by atoms with E-state index in [1.54, 1.807) is 54.6 Å². The second-order valence-corrected chi connectivity index (χ2v) is 7.11. The number of anilines is 1. The van der Waals surface area contributed by atoms with E-state index in [-0.39, 0.29) is 11.3 Å². The van der Waals surface area contributed by atoms with Crippen LogP contribution in [-0.2, 0) is 0 Å². The zero-order valence-corrected chi connectivity index (χ0v) is 15.9. The van der Waals surface area contributed by atoms with Gasteiger partial charge in [-0.3, -0.25) is 9.59 Å². The van der Waals surface area contributed by atoms with Crippen molar-refractivity contribution in [1.82, 2.24) is 15.0 Å². The van der Waals surface area contributed by atoms with Crippen LogP contribution in [0.4, 0.5) is 5.69 Å². The summed E-state index contributed by atoms with van der Waals surface area (Å²) >= 11 is 0. The third-order valence-electron chi connectivity index (χ3n) is 5.26. The first kappa shape index (κ1) is 17.3. The third-order valence-corrected chi connectivity index (χ3v) is 5.26. The van der Waals surface area contributed by atoms with Crippen molar-refractivity contribution in [1.29, 1.82) is 0 Å². The van der Waals surface area contributed by atoms with Gasteiger partial charge in [0.25, 0.3) is 11.8 Å². The SMILES string of the molecule is O=C1c2ccccc2C(=O)N1c1ccc2cc(-n3nc4ccccc4n3)c(=O)oc2c1. The van der Waals surface area contributed by atoms with E-state index in [0.717, 1.165) is 4.90 Å². The Bertz CT molecular complexity index is 1550. The van der Waals surface area contributed by atoms with Crippen molar-refractivity contribution in [3.63, 3.8) is 0 Å². The van der Waals surface area contributed by atoms with Gasteiger partial charge in [0.05, 0.1) is 16.8 Å². The van der Waals surface area contributed by atoms with Gasteiger partial charge in [-0.05, 0) is 42.5 Å². The van der Waals surface area contributed by atoms with E-state index in [9.17, 15) is 14.4 Å². The summed E-state index contributed by atoms with van der Waals surface area (Å²) in [5, 5.41) is 9.25. The lowest BCUT2D eigenvalue weighted by molar-refractivity contribution is 0.0926. The number of carbonyl (C=O) groups is 2. The number of fused-ring (bicyclic) bond motifs is 3. The number of aromatic nitrogens is 3. The second kappa shape index (κ2) is 6.20. The minimum Gasteiger partial charge on any atom is -0.421 e. The Hall–Kier alpha value is -4.59. The zero-order chi connectivity index (χ0) is 21.1. The summed E-state index contributed by atoms with van der Waals surface area (Å²) in [5.41, 5.74) is 2.12. The maximum Gasteiger partial charge on any atom is 0.364 e. The van der Waals surface area contributed by atoms with Crippen molar-refractivity contribution >= 4 is 39.5 Å². The van der Waals surface area contributed by atoms with Crippen molar-refractivity contribution in [3.05, 3.63) is 94.3 Å². The van der Waals surface area contributed by atoms with Crippen LogP contribution in [-0.4, -0.2) is 26.8 Å². The largest absolute Gasteiger partial charge is 0.421 e. The minimum absolute atomic E-state index is 0.164. The molecule has 0 spiro atoms. The molecule has 0 radical (unpaired) electrons. The normalized spacial score (nSPS) is 13.4. The number of carbonyl (C=O) groups excluding carboxylic acids is 2. The first-order chi connectivity index (χ1) is 15.1. The Labute approximate surface area is 173 Å². The first-order valence-corrected chi connectivity index (χ1v) is 9.48. The fourth-order valence-corrected chi connectivity index (χ4v) is 3.76. The van der Waals surface area contributed by atoms with Crippen LogP contribution < -0.4 is 10.5 Å². The first-order valence-electron chi connectivity index (χ1n) is 9.48. The molecule has 8 heteroatoms. The van der Waals surface area contributed by atoms with Gasteiger partial charge in [0.2, 0.25) is 0 Å². The van der Waals surface area contributed by atoms with Crippen molar-refractivity contribution < 1.29 is 14.0 Å². The Balaban J connectivity index is 1.45. The van der Waals surface area contributed by atoms with Gasteiger partial charge in [-0.2, -0.15) is 0 Å². The van der Waals surface area contributed by atoms with Crippen LogP contribution in [0.15, 0.2) is 82.0 Å². The predicted molar refractivity (Wildman–Crippen MR) is 112 cm³/mol. The van der Waals surface area contributed by atoms with Gasteiger partial charge in [0.15, 0.2) is 5.69 Å². The molecule has 5 aromatic rings. The molecule has 2 amide bonds. The molecule has 8 nitrogen and oxygen atoms in total. The lowest BCUT2D eigenvalue weighted by atomic mass is 10.1. The number of amides is 2. The molecular formula is C23H12N4O4. The van der Waals surface area contributed by atoms with Crippen LogP contribution in [0.3, 0.4) is 0 Å². The highest BCUT2D eigenvalue weighted by Gasteiger charge is 2.36. The summed E-state index contributed by atoms with van der Waals surface area (Å²) in [6.45, 7) is 0. The summed E-state index contributed by atoms with van der Waals surface area (Å²) in [7, 11) is 0. The molecule has 0 unspecified atom stereocenters. The van der Waals surface area contributed by atoms with E-state index in [0.29, 0.717) is 33.2 Å². The van der Waals surface area contributed by atoms with Gasteiger partial charge in [-0.25, -0.2) is 9.69 Å².